The van der Waals surface area contributed by atoms with E-state index in [4.69, 9.17) is 0 Å². The number of aromatic nitrogens is 1. The summed E-state index contributed by atoms with van der Waals surface area (Å²) in [5, 5.41) is 19.1. The van der Waals surface area contributed by atoms with Crippen LogP contribution in [0.5, 0.6) is 0 Å². The first-order chi connectivity index (χ1) is 16.5. The normalized spacial score (nSPS) is 20.3. The Labute approximate surface area is 201 Å². The molecule has 13 heteroatoms. The minimum atomic E-state index is -4.05. The summed E-state index contributed by atoms with van der Waals surface area (Å²) in [6.45, 7) is 1.95. The lowest BCUT2D eigenvalue weighted by atomic mass is 9.89. The van der Waals surface area contributed by atoms with E-state index in [1.807, 2.05) is 6.92 Å². The van der Waals surface area contributed by atoms with Crippen molar-refractivity contribution in [2.45, 2.75) is 35.2 Å². The maximum Gasteiger partial charge on any atom is 0.407 e. The zero-order valence-corrected chi connectivity index (χ0v) is 20.1. The van der Waals surface area contributed by atoms with Gasteiger partial charge in [0.25, 0.3) is 10.0 Å². The second kappa shape index (κ2) is 7.98. The summed E-state index contributed by atoms with van der Waals surface area (Å²) < 4.78 is 55.9. The summed E-state index contributed by atoms with van der Waals surface area (Å²) >= 11 is 0. The van der Waals surface area contributed by atoms with Crippen molar-refractivity contribution in [2.24, 2.45) is 0 Å². The van der Waals surface area contributed by atoms with E-state index in [1.54, 1.807) is 12.1 Å². The quantitative estimate of drug-likeness (QED) is 0.469. The fourth-order valence-electron chi connectivity index (χ4n) is 4.82. The monoisotopic (exact) mass is 515 g/mol. The first-order valence-corrected chi connectivity index (χ1v) is 13.6. The number of sulfonamides is 2. The lowest BCUT2D eigenvalue weighted by Crippen LogP contribution is -2.70. The summed E-state index contributed by atoms with van der Waals surface area (Å²) in [5.74, 6) is 0. The molecular weight excluding hydrogens is 494 g/mol. The molecule has 0 unspecified atom stereocenters. The number of nitrogens with one attached hydrogen (secondary N) is 2. The van der Waals surface area contributed by atoms with Gasteiger partial charge in [0.05, 0.1) is 38.6 Å². The molecule has 2 atom stereocenters. The van der Waals surface area contributed by atoms with E-state index in [9.17, 15) is 32.0 Å². The molecule has 3 saturated heterocycles. The molecule has 2 aromatic carbocycles. The van der Waals surface area contributed by atoms with Crippen molar-refractivity contribution in [3.63, 3.8) is 0 Å². The Bertz CT molecular complexity index is 1590. The fourth-order valence-corrected chi connectivity index (χ4v) is 7.40. The predicted molar refractivity (Wildman–Crippen MR) is 126 cm³/mol. The van der Waals surface area contributed by atoms with E-state index in [0.29, 0.717) is 22.9 Å². The molecule has 0 radical (unpaired) electrons. The number of anilines is 1. The highest BCUT2D eigenvalue weighted by atomic mass is 32.2. The number of aryl methyl sites for hydroxylation is 1. The van der Waals surface area contributed by atoms with Crippen LogP contribution in [0.1, 0.15) is 17.5 Å². The number of aromatic amines is 1. The van der Waals surface area contributed by atoms with Crippen molar-refractivity contribution in [3.8, 4) is 6.07 Å². The minimum Gasteiger partial charge on any atom is -0.465 e. The summed E-state index contributed by atoms with van der Waals surface area (Å²) in [6.07, 6.45) is 1.08. The van der Waals surface area contributed by atoms with Gasteiger partial charge < -0.3 is 10.1 Å². The molecule has 35 heavy (non-hydrogen) atoms. The van der Waals surface area contributed by atoms with E-state index in [-0.39, 0.29) is 40.7 Å². The van der Waals surface area contributed by atoms with Crippen molar-refractivity contribution in [2.75, 3.05) is 17.8 Å². The SMILES string of the molecule is Cc1ccc(NS(=O)(=O)c2ccc(S(=O)(=O)N3C[C@H]4C[C@@H](C3)N4C(=O)O)cc2)c2[nH]cc(C#N)c12. The van der Waals surface area contributed by atoms with Crippen molar-refractivity contribution in [3.05, 3.63) is 53.7 Å². The number of piperazine rings is 1. The minimum absolute atomic E-state index is 0.0665. The second-order valence-electron chi connectivity index (χ2n) is 8.63. The summed E-state index contributed by atoms with van der Waals surface area (Å²) in [7, 11) is -7.96. The van der Waals surface area contributed by atoms with Crippen LogP contribution in [0, 0.1) is 18.3 Å². The van der Waals surface area contributed by atoms with E-state index < -0.39 is 26.1 Å². The Morgan fingerprint density at radius 2 is 1.71 bits per heavy atom. The number of hydrogen-bond donors (Lipinski definition) is 3. The molecule has 3 aliphatic rings. The van der Waals surface area contributed by atoms with Crippen molar-refractivity contribution in [1.29, 1.82) is 5.26 Å². The van der Waals surface area contributed by atoms with Crippen molar-refractivity contribution >= 4 is 42.7 Å². The highest BCUT2D eigenvalue weighted by Crippen LogP contribution is 2.35. The molecule has 11 nitrogen and oxygen atoms in total. The molecule has 1 amide bonds. The number of H-pyrrole nitrogens is 1. The van der Waals surface area contributed by atoms with E-state index in [1.165, 1.54) is 39.7 Å². The highest BCUT2D eigenvalue weighted by Gasteiger charge is 2.50. The molecule has 0 saturated carbocycles. The first-order valence-electron chi connectivity index (χ1n) is 10.7. The van der Waals surface area contributed by atoms with Crippen LogP contribution in [-0.4, -0.2) is 67.4 Å². The fraction of sp³-hybridized carbons (Fsp3) is 0.273. The molecule has 0 aliphatic carbocycles. The molecule has 3 fully saturated rings. The zero-order chi connectivity index (χ0) is 25.1. The van der Waals surface area contributed by atoms with Gasteiger partial charge in [0.1, 0.15) is 6.07 Å². The zero-order valence-electron chi connectivity index (χ0n) is 18.5. The number of hydrogen-bond acceptors (Lipinski definition) is 6. The number of fused-ring (bicyclic) bond motifs is 3. The molecule has 4 heterocycles. The number of nitriles is 1. The van der Waals surface area contributed by atoms with Crippen LogP contribution in [0.3, 0.4) is 0 Å². The summed E-state index contributed by atoms with van der Waals surface area (Å²) in [6, 6.07) is 9.51. The van der Waals surface area contributed by atoms with Crippen LogP contribution in [0.25, 0.3) is 10.9 Å². The maximum atomic E-state index is 13.1. The van der Waals surface area contributed by atoms with E-state index in [0.717, 1.165) is 5.56 Å². The van der Waals surface area contributed by atoms with Crippen LogP contribution in [0.15, 0.2) is 52.4 Å². The molecule has 182 valence electrons. The first kappa shape index (κ1) is 23.2. The summed E-state index contributed by atoms with van der Waals surface area (Å²) in [5.41, 5.74) is 1.95. The topological polar surface area (TPSA) is 164 Å². The van der Waals surface area contributed by atoms with E-state index in [2.05, 4.69) is 15.8 Å². The Kier molecular flexibility index (Phi) is 5.28. The average Bonchev–Trinajstić information content (AvgIpc) is 3.26. The number of piperidine rings is 1. The van der Waals surface area contributed by atoms with Gasteiger partial charge in [-0.3, -0.25) is 9.62 Å². The number of amides is 1. The van der Waals surface area contributed by atoms with Crippen molar-refractivity contribution < 1.29 is 26.7 Å². The molecule has 3 aromatic rings. The third-order valence-electron chi connectivity index (χ3n) is 6.56. The average molecular weight is 516 g/mol. The number of benzene rings is 2. The molecule has 0 spiro atoms. The van der Waals surface area contributed by atoms with Gasteiger partial charge in [-0.15, -0.1) is 0 Å². The molecule has 3 aliphatic heterocycles. The highest BCUT2D eigenvalue weighted by molar-refractivity contribution is 7.92. The Hall–Kier alpha value is -3.60. The summed E-state index contributed by atoms with van der Waals surface area (Å²) in [4.78, 5) is 15.3. The Morgan fingerprint density at radius 1 is 1.09 bits per heavy atom. The molecule has 6 rings (SSSR count). The van der Waals surface area contributed by atoms with Gasteiger partial charge in [0.15, 0.2) is 0 Å². The van der Waals surface area contributed by atoms with Gasteiger partial charge in [0.2, 0.25) is 10.0 Å². The standard InChI is InChI=1S/C22H21N5O6S2/c1-13-2-7-19(21-20(13)14(9-23)10-24-21)25-34(30,31)17-3-5-18(6-4-17)35(32,33)26-11-15-8-16(12-26)27(15)22(28)29/h2-7,10,15-16,24-25H,8,11-12H2,1H3,(H,28,29)/t15-,16+. The molecule has 1 aromatic heterocycles. The maximum absolute atomic E-state index is 13.1. The van der Waals surface area contributed by atoms with Gasteiger partial charge in [-0.05, 0) is 49.2 Å². The Morgan fingerprint density at radius 3 is 2.31 bits per heavy atom. The lowest BCUT2D eigenvalue weighted by molar-refractivity contribution is -0.0258. The molecular formula is C22H21N5O6S2. The number of carbonyl (C=O) groups is 1. The van der Waals surface area contributed by atoms with Gasteiger partial charge in [-0.1, -0.05) is 6.07 Å². The third kappa shape index (κ3) is 3.70. The number of carboxylic acid groups (broad SMARTS) is 1. The van der Waals surface area contributed by atoms with Gasteiger partial charge in [-0.25, -0.2) is 21.6 Å². The molecule has 3 N–H and O–H groups in total. The lowest BCUT2D eigenvalue weighted by Gasteiger charge is -2.54. The number of rotatable bonds is 5. The van der Waals surface area contributed by atoms with E-state index >= 15 is 0 Å². The third-order valence-corrected chi connectivity index (χ3v) is 9.79. The van der Waals surface area contributed by atoms with Crippen LogP contribution in [-0.2, 0) is 20.0 Å². The number of nitrogens with zero attached hydrogens (tertiary/aromatic N) is 3. The van der Waals surface area contributed by atoms with Crippen LogP contribution in [0.4, 0.5) is 10.5 Å². The van der Waals surface area contributed by atoms with Crippen LogP contribution >= 0.6 is 0 Å². The van der Waals surface area contributed by atoms with Gasteiger partial charge in [-0.2, -0.15) is 9.57 Å². The van der Waals surface area contributed by atoms with Gasteiger partial charge >= 0.3 is 6.09 Å². The van der Waals surface area contributed by atoms with Crippen molar-refractivity contribution in [1.82, 2.24) is 14.2 Å². The second-order valence-corrected chi connectivity index (χ2v) is 12.2. The molecule has 2 bridgehead atoms. The predicted octanol–water partition coefficient (Wildman–Crippen LogP) is 2.27. The van der Waals surface area contributed by atoms with Gasteiger partial charge in [0, 0.05) is 24.7 Å². The smallest absolute Gasteiger partial charge is 0.407 e. The van der Waals surface area contributed by atoms with Crippen LogP contribution in [0.2, 0.25) is 0 Å². The Balaban J connectivity index is 1.38. The largest absolute Gasteiger partial charge is 0.465 e. The van der Waals surface area contributed by atoms with Crippen LogP contribution < -0.4 is 4.72 Å².